The van der Waals surface area contributed by atoms with Crippen molar-refractivity contribution < 1.29 is 0 Å². The van der Waals surface area contributed by atoms with Crippen molar-refractivity contribution in [1.82, 2.24) is 0 Å². The van der Waals surface area contributed by atoms with Gasteiger partial charge in [-0.15, -0.1) is 0 Å². The van der Waals surface area contributed by atoms with E-state index in [0.29, 0.717) is 0 Å². The summed E-state index contributed by atoms with van der Waals surface area (Å²) in [7, 11) is 0. The van der Waals surface area contributed by atoms with Crippen LogP contribution in [-0.4, -0.2) is 0 Å². The summed E-state index contributed by atoms with van der Waals surface area (Å²) in [6.45, 7) is 0. The van der Waals surface area contributed by atoms with Gasteiger partial charge in [0.2, 0.25) is 0 Å². The fourth-order valence-electron chi connectivity index (χ4n) is 5.59. The lowest BCUT2D eigenvalue weighted by atomic mass is 9.68. The molecule has 158 valence electrons. The lowest BCUT2D eigenvalue weighted by Crippen LogP contribution is -2.25. The van der Waals surface area contributed by atoms with Crippen LogP contribution in [0.3, 0.4) is 0 Å². The summed E-state index contributed by atoms with van der Waals surface area (Å²) in [6.07, 6.45) is 24.2. The molecule has 2 aliphatic carbocycles. The number of rotatable bonds is 8. The van der Waals surface area contributed by atoms with Crippen LogP contribution in [0.4, 0.5) is 0 Å². The molecule has 0 bridgehead atoms. The number of unbranched alkanes of at least 4 members (excludes halogenated alkanes) is 1. The maximum Gasteiger partial charge on any atom is 0.0991 e. The summed E-state index contributed by atoms with van der Waals surface area (Å²) in [6, 6.07) is 12.3. The molecule has 0 unspecified atom stereocenters. The van der Waals surface area contributed by atoms with Gasteiger partial charge < -0.3 is 0 Å². The molecule has 1 aromatic carbocycles. The molecule has 2 heteroatoms. The van der Waals surface area contributed by atoms with Crippen LogP contribution in [0.2, 0.25) is 0 Å². The molecule has 0 saturated heterocycles. The highest BCUT2D eigenvalue weighted by Gasteiger charge is 2.30. The second-order valence-electron chi connectivity index (χ2n) is 9.38. The summed E-state index contributed by atoms with van der Waals surface area (Å²) in [5.41, 5.74) is 2.12. The monoisotopic (exact) mass is 400 g/mol. The lowest BCUT2D eigenvalue weighted by Gasteiger charge is -2.37. The first-order valence-corrected chi connectivity index (χ1v) is 12.0. The summed E-state index contributed by atoms with van der Waals surface area (Å²) < 4.78 is 0. The normalized spacial score (nSPS) is 27.1. The van der Waals surface area contributed by atoms with E-state index in [4.69, 9.17) is 10.5 Å². The second kappa shape index (κ2) is 12.4. The van der Waals surface area contributed by atoms with Gasteiger partial charge in [-0.25, -0.2) is 0 Å². The molecular formula is C28H36N2. The Labute approximate surface area is 183 Å². The van der Waals surface area contributed by atoms with E-state index in [0.717, 1.165) is 35.7 Å². The third-order valence-corrected chi connectivity index (χ3v) is 7.45. The highest BCUT2D eigenvalue weighted by molar-refractivity contribution is 5.31. The number of aryl methyl sites for hydroxylation is 1. The first-order valence-electron chi connectivity index (χ1n) is 12.0. The number of nitrogens with zero attached hydrogens (tertiary/aromatic N) is 2. The smallest absolute Gasteiger partial charge is 0.0991 e. The molecule has 0 heterocycles. The van der Waals surface area contributed by atoms with Gasteiger partial charge in [0.15, 0.2) is 0 Å². The van der Waals surface area contributed by atoms with Crippen LogP contribution >= 0.6 is 0 Å². The van der Waals surface area contributed by atoms with E-state index in [2.05, 4.69) is 30.4 Å². The Morgan fingerprint density at radius 2 is 1.47 bits per heavy atom. The van der Waals surface area contributed by atoms with Crippen LogP contribution in [0, 0.1) is 46.3 Å². The summed E-state index contributed by atoms with van der Waals surface area (Å²) >= 11 is 0. The predicted molar refractivity (Wildman–Crippen MR) is 124 cm³/mol. The van der Waals surface area contributed by atoms with E-state index in [1.54, 1.807) is 6.08 Å². The van der Waals surface area contributed by atoms with Gasteiger partial charge in [-0.3, -0.25) is 0 Å². The van der Waals surface area contributed by atoms with E-state index in [9.17, 15) is 0 Å². The van der Waals surface area contributed by atoms with Gasteiger partial charge in [0.1, 0.15) is 0 Å². The molecule has 2 aliphatic rings. The molecule has 0 spiro atoms. The summed E-state index contributed by atoms with van der Waals surface area (Å²) in [5, 5.41) is 17.4. The second-order valence-corrected chi connectivity index (χ2v) is 9.38. The van der Waals surface area contributed by atoms with Crippen LogP contribution in [0.1, 0.15) is 81.8 Å². The van der Waals surface area contributed by atoms with Crippen LogP contribution in [0.5, 0.6) is 0 Å². The van der Waals surface area contributed by atoms with Gasteiger partial charge in [0.25, 0.3) is 0 Å². The Kier molecular flexibility index (Phi) is 9.24. The number of allylic oxidation sites excluding steroid dienone is 4. The molecular weight excluding hydrogens is 364 g/mol. The van der Waals surface area contributed by atoms with Crippen molar-refractivity contribution in [3.63, 3.8) is 0 Å². The fraction of sp³-hybridized carbons (Fsp3) is 0.571. The first kappa shape index (κ1) is 22.4. The average molecular weight is 401 g/mol. The van der Waals surface area contributed by atoms with Crippen molar-refractivity contribution in [2.24, 2.45) is 23.7 Å². The minimum Gasteiger partial charge on any atom is -0.193 e. The molecule has 2 nitrogen and oxygen atoms in total. The highest BCUT2D eigenvalue weighted by Crippen LogP contribution is 2.42. The zero-order valence-electron chi connectivity index (χ0n) is 18.3. The molecule has 1 aromatic rings. The van der Waals surface area contributed by atoms with Crippen LogP contribution in [0.25, 0.3) is 0 Å². The van der Waals surface area contributed by atoms with Gasteiger partial charge in [-0.05, 0) is 92.7 Å². The van der Waals surface area contributed by atoms with Crippen LogP contribution in [-0.2, 0) is 6.42 Å². The van der Waals surface area contributed by atoms with E-state index < -0.39 is 0 Å². The number of hydrogen-bond acceptors (Lipinski definition) is 2. The Morgan fingerprint density at radius 1 is 0.800 bits per heavy atom. The standard InChI is InChI=1S/C28H36N2/c29-21-5-1-2-6-24-13-17-27(18-14-24)28-19-15-25(16-20-28)8-4-3-7-23-9-11-26(22-30)12-10-23/h1-2,5-6,9-12,24-25,27-28H,3-4,7-8,13-20H2/b5-1+,6-2+. The van der Waals surface area contributed by atoms with Gasteiger partial charge >= 0.3 is 0 Å². The molecule has 0 amide bonds. The largest absolute Gasteiger partial charge is 0.193 e. The van der Waals surface area contributed by atoms with E-state index in [1.165, 1.54) is 76.2 Å². The minimum atomic E-state index is 0.719. The van der Waals surface area contributed by atoms with E-state index >= 15 is 0 Å². The third-order valence-electron chi connectivity index (χ3n) is 7.45. The summed E-state index contributed by atoms with van der Waals surface area (Å²) in [5.74, 6) is 3.61. The Balaban J connectivity index is 1.28. The fourth-order valence-corrected chi connectivity index (χ4v) is 5.59. The van der Waals surface area contributed by atoms with Crippen molar-refractivity contribution >= 4 is 0 Å². The lowest BCUT2D eigenvalue weighted by molar-refractivity contribution is 0.151. The van der Waals surface area contributed by atoms with Gasteiger partial charge in [0.05, 0.1) is 17.7 Å². The Bertz CT molecular complexity index is 758. The first-order chi connectivity index (χ1) is 14.8. The maximum absolute atomic E-state index is 8.88. The van der Waals surface area contributed by atoms with Gasteiger partial charge in [-0.1, -0.05) is 56.0 Å². The van der Waals surface area contributed by atoms with Gasteiger partial charge in [0, 0.05) is 6.08 Å². The SMILES string of the molecule is N#C/C=C/C=C/C1CCC(C2CCC(CCCCc3ccc(C#N)cc3)CC2)CC1. The molecule has 2 fully saturated rings. The highest BCUT2D eigenvalue weighted by atomic mass is 14.4. The zero-order chi connectivity index (χ0) is 21.0. The predicted octanol–water partition coefficient (Wildman–Crippen LogP) is 7.52. The van der Waals surface area contributed by atoms with Crippen molar-refractivity contribution in [3.05, 3.63) is 59.7 Å². The van der Waals surface area contributed by atoms with Crippen LogP contribution in [0.15, 0.2) is 48.6 Å². The number of hydrogen-bond donors (Lipinski definition) is 0. The molecule has 0 aliphatic heterocycles. The molecule has 0 N–H and O–H groups in total. The van der Waals surface area contributed by atoms with Gasteiger partial charge in [-0.2, -0.15) is 10.5 Å². The van der Waals surface area contributed by atoms with Crippen molar-refractivity contribution in [2.75, 3.05) is 0 Å². The summed E-state index contributed by atoms with van der Waals surface area (Å²) in [4.78, 5) is 0. The van der Waals surface area contributed by atoms with E-state index in [1.807, 2.05) is 24.3 Å². The Hall–Kier alpha value is -2.32. The zero-order valence-corrected chi connectivity index (χ0v) is 18.3. The molecule has 0 aromatic heterocycles. The Morgan fingerprint density at radius 3 is 2.10 bits per heavy atom. The van der Waals surface area contributed by atoms with Crippen LogP contribution < -0.4 is 0 Å². The molecule has 0 atom stereocenters. The molecule has 0 radical (unpaired) electrons. The maximum atomic E-state index is 8.88. The average Bonchev–Trinajstić information content (AvgIpc) is 2.81. The van der Waals surface area contributed by atoms with Crippen molar-refractivity contribution in [1.29, 1.82) is 10.5 Å². The molecule has 30 heavy (non-hydrogen) atoms. The number of benzene rings is 1. The molecule has 2 saturated carbocycles. The topological polar surface area (TPSA) is 47.6 Å². The van der Waals surface area contributed by atoms with Crippen molar-refractivity contribution in [3.8, 4) is 12.1 Å². The van der Waals surface area contributed by atoms with Crippen molar-refractivity contribution in [2.45, 2.75) is 77.0 Å². The van der Waals surface area contributed by atoms with E-state index in [-0.39, 0.29) is 0 Å². The molecule has 3 rings (SSSR count). The third kappa shape index (κ3) is 7.18. The quantitative estimate of drug-likeness (QED) is 0.257. The number of nitriles is 2. The minimum absolute atomic E-state index is 0.719.